The Morgan fingerprint density at radius 3 is 2.44 bits per heavy atom. The van der Waals surface area contributed by atoms with E-state index < -0.39 is 0 Å². The zero-order valence-electron chi connectivity index (χ0n) is 5.48. The first-order chi connectivity index (χ1) is 4.35. The zero-order valence-corrected chi connectivity index (χ0v) is 5.48. The zero-order chi connectivity index (χ0) is 6.32. The van der Waals surface area contributed by atoms with Crippen LogP contribution < -0.4 is 5.32 Å². The molecule has 1 N–H and O–H groups in total. The molecule has 0 amide bonds. The summed E-state index contributed by atoms with van der Waals surface area (Å²) in [6.07, 6.45) is 7.81. The lowest BCUT2D eigenvalue weighted by atomic mass is 9.59. The van der Waals surface area contributed by atoms with Gasteiger partial charge in [0.1, 0.15) is 0 Å². The van der Waals surface area contributed by atoms with Gasteiger partial charge in [0.15, 0.2) is 0 Å². The van der Waals surface area contributed by atoms with Crippen LogP contribution in [0.1, 0.15) is 12.8 Å². The van der Waals surface area contributed by atoms with Gasteiger partial charge in [0.2, 0.25) is 0 Å². The SMILES string of the molecule is C#CC1CC2(CNC2)C1. The molecule has 0 bridgehead atoms. The second-order valence-electron chi connectivity index (χ2n) is 3.38. The molecule has 1 heterocycles. The van der Waals surface area contributed by atoms with Crippen molar-refractivity contribution < 1.29 is 0 Å². The van der Waals surface area contributed by atoms with Crippen LogP contribution >= 0.6 is 0 Å². The summed E-state index contributed by atoms with van der Waals surface area (Å²) in [6, 6.07) is 0. The van der Waals surface area contributed by atoms with Gasteiger partial charge in [-0.05, 0) is 18.3 Å². The normalized spacial score (nSPS) is 30.6. The Labute approximate surface area is 55.8 Å². The van der Waals surface area contributed by atoms with Crippen molar-refractivity contribution in [3.63, 3.8) is 0 Å². The standard InChI is InChI=1S/C8H11N/c1-2-7-3-8(4-7)5-9-6-8/h1,7,9H,3-6H2. The molecule has 0 atom stereocenters. The highest BCUT2D eigenvalue weighted by atomic mass is 15.0. The summed E-state index contributed by atoms with van der Waals surface area (Å²) >= 11 is 0. The third-order valence-corrected chi connectivity index (χ3v) is 2.59. The lowest BCUT2D eigenvalue weighted by molar-refractivity contribution is 0.0266. The summed E-state index contributed by atoms with van der Waals surface area (Å²) in [4.78, 5) is 0. The number of hydrogen-bond donors (Lipinski definition) is 1. The van der Waals surface area contributed by atoms with Gasteiger partial charge in [-0.15, -0.1) is 12.3 Å². The van der Waals surface area contributed by atoms with E-state index in [1.165, 1.54) is 25.9 Å². The molecule has 1 spiro atoms. The monoisotopic (exact) mass is 121 g/mol. The van der Waals surface area contributed by atoms with E-state index >= 15 is 0 Å². The summed E-state index contributed by atoms with van der Waals surface area (Å²) in [5, 5.41) is 3.28. The van der Waals surface area contributed by atoms with E-state index in [0.29, 0.717) is 11.3 Å². The fourth-order valence-electron chi connectivity index (χ4n) is 1.87. The quantitative estimate of drug-likeness (QED) is 0.463. The van der Waals surface area contributed by atoms with E-state index in [1.54, 1.807) is 0 Å². The summed E-state index contributed by atoms with van der Waals surface area (Å²) in [5.74, 6) is 3.40. The van der Waals surface area contributed by atoms with E-state index in [0.717, 1.165) is 0 Å². The van der Waals surface area contributed by atoms with Gasteiger partial charge in [-0.1, -0.05) is 0 Å². The highest BCUT2D eigenvalue weighted by Gasteiger charge is 2.47. The van der Waals surface area contributed by atoms with Crippen LogP contribution in [-0.4, -0.2) is 13.1 Å². The number of nitrogens with one attached hydrogen (secondary N) is 1. The number of terminal acetylenes is 1. The summed E-state index contributed by atoms with van der Waals surface area (Å²) in [7, 11) is 0. The Balaban J connectivity index is 1.91. The Bertz CT molecular complexity index is 154. The van der Waals surface area contributed by atoms with E-state index in [1.807, 2.05) is 0 Å². The molecule has 1 aliphatic carbocycles. The fourth-order valence-corrected chi connectivity index (χ4v) is 1.87. The van der Waals surface area contributed by atoms with Crippen molar-refractivity contribution in [2.24, 2.45) is 11.3 Å². The van der Waals surface area contributed by atoms with Crippen molar-refractivity contribution in [3.8, 4) is 12.3 Å². The minimum Gasteiger partial charge on any atom is -0.316 e. The largest absolute Gasteiger partial charge is 0.316 e. The van der Waals surface area contributed by atoms with E-state index in [9.17, 15) is 0 Å². The molecular formula is C8H11N. The van der Waals surface area contributed by atoms with E-state index in [-0.39, 0.29) is 0 Å². The average molecular weight is 121 g/mol. The molecule has 2 rings (SSSR count). The Morgan fingerprint density at radius 2 is 2.11 bits per heavy atom. The molecule has 1 nitrogen and oxygen atoms in total. The molecule has 1 aliphatic heterocycles. The first-order valence-electron chi connectivity index (χ1n) is 3.52. The minimum absolute atomic E-state index is 0.604. The number of rotatable bonds is 0. The number of hydrogen-bond acceptors (Lipinski definition) is 1. The van der Waals surface area contributed by atoms with E-state index in [2.05, 4.69) is 11.2 Å². The predicted molar refractivity (Wildman–Crippen MR) is 36.9 cm³/mol. The third-order valence-electron chi connectivity index (χ3n) is 2.59. The fraction of sp³-hybridized carbons (Fsp3) is 0.750. The third kappa shape index (κ3) is 0.601. The Hall–Kier alpha value is -0.480. The van der Waals surface area contributed by atoms with Gasteiger partial charge >= 0.3 is 0 Å². The van der Waals surface area contributed by atoms with Crippen LogP contribution in [0.2, 0.25) is 0 Å². The van der Waals surface area contributed by atoms with Crippen molar-refractivity contribution in [2.75, 3.05) is 13.1 Å². The van der Waals surface area contributed by atoms with Crippen LogP contribution in [0.25, 0.3) is 0 Å². The maximum atomic E-state index is 5.26. The van der Waals surface area contributed by atoms with Crippen LogP contribution in [0, 0.1) is 23.7 Å². The van der Waals surface area contributed by atoms with E-state index in [4.69, 9.17) is 6.42 Å². The summed E-state index contributed by atoms with van der Waals surface area (Å²) < 4.78 is 0. The van der Waals surface area contributed by atoms with Crippen LogP contribution in [-0.2, 0) is 0 Å². The van der Waals surface area contributed by atoms with Crippen molar-refractivity contribution in [3.05, 3.63) is 0 Å². The van der Waals surface area contributed by atoms with Crippen LogP contribution in [0.15, 0.2) is 0 Å². The Morgan fingerprint density at radius 1 is 1.44 bits per heavy atom. The second kappa shape index (κ2) is 1.52. The highest BCUT2D eigenvalue weighted by Crippen LogP contribution is 2.47. The highest BCUT2D eigenvalue weighted by molar-refractivity contribution is 5.11. The molecule has 0 unspecified atom stereocenters. The molecule has 0 aromatic heterocycles. The van der Waals surface area contributed by atoms with Crippen molar-refractivity contribution in [1.82, 2.24) is 5.32 Å². The van der Waals surface area contributed by atoms with Gasteiger partial charge in [0.05, 0.1) is 0 Å². The second-order valence-corrected chi connectivity index (χ2v) is 3.38. The van der Waals surface area contributed by atoms with Gasteiger partial charge in [-0.2, -0.15) is 0 Å². The molecule has 0 radical (unpaired) electrons. The molecule has 2 fully saturated rings. The van der Waals surface area contributed by atoms with Gasteiger partial charge in [-0.25, -0.2) is 0 Å². The lowest BCUT2D eigenvalue weighted by Crippen LogP contribution is -2.59. The predicted octanol–water partition coefficient (Wildman–Crippen LogP) is 0.619. The molecule has 0 aromatic carbocycles. The minimum atomic E-state index is 0.604. The molecule has 1 saturated carbocycles. The average Bonchev–Trinajstić information content (AvgIpc) is 1.59. The topological polar surface area (TPSA) is 12.0 Å². The molecule has 1 heteroatoms. The maximum Gasteiger partial charge on any atom is 0.0212 e. The molecule has 9 heavy (non-hydrogen) atoms. The summed E-state index contributed by atoms with van der Waals surface area (Å²) in [6.45, 7) is 2.43. The van der Waals surface area contributed by atoms with Gasteiger partial charge < -0.3 is 5.32 Å². The van der Waals surface area contributed by atoms with Crippen LogP contribution in [0.3, 0.4) is 0 Å². The molecule has 0 aromatic rings. The summed E-state index contributed by atoms with van der Waals surface area (Å²) in [5.41, 5.74) is 0.664. The van der Waals surface area contributed by atoms with Crippen LogP contribution in [0.5, 0.6) is 0 Å². The maximum absolute atomic E-state index is 5.26. The van der Waals surface area contributed by atoms with Crippen LogP contribution in [0.4, 0.5) is 0 Å². The first-order valence-corrected chi connectivity index (χ1v) is 3.52. The van der Waals surface area contributed by atoms with Crippen molar-refractivity contribution >= 4 is 0 Å². The first kappa shape index (κ1) is 5.32. The van der Waals surface area contributed by atoms with Gasteiger partial charge in [0.25, 0.3) is 0 Å². The Kier molecular flexibility index (Phi) is 0.896. The molecule has 48 valence electrons. The van der Waals surface area contributed by atoms with Crippen molar-refractivity contribution in [1.29, 1.82) is 0 Å². The molecular weight excluding hydrogens is 110 g/mol. The molecule has 2 aliphatic rings. The van der Waals surface area contributed by atoms with Crippen molar-refractivity contribution in [2.45, 2.75) is 12.8 Å². The smallest absolute Gasteiger partial charge is 0.0212 e. The lowest BCUT2D eigenvalue weighted by Gasteiger charge is -2.52. The molecule has 1 saturated heterocycles. The van der Waals surface area contributed by atoms with Gasteiger partial charge in [-0.3, -0.25) is 0 Å². The van der Waals surface area contributed by atoms with Gasteiger partial charge in [0, 0.05) is 19.0 Å².